The lowest BCUT2D eigenvalue weighted by Gasteiger charge is -2.09. The molecule has 0 saturated carbocycles. The minimum atomic E-state index is -3.71. The number of fused-ring (bicyclic) bond motifs is 3. The maximum atomic E-state index is 12.7. The Hall–Kier alpha value is -3.50. The van der Waals surface area contributed by atoms with E-state index in [1.807, 2.05) is 28.8 Å². The first-order valence-electron chi connectivity index (χ1n) is 10.6. The molecule has 33 heavy (non-hydrogen) atoms. The summed E-state index contributed by atoms with van der Waals surface area (Å²) in [5.74, 6) is -0.0773. The van der Waals surface area contributed by atoms with Gasteiger partial charge in [-0.05, 0) is 36.6 Å². The number of aromatic nitrogens is 3. The van der Waals surface area contributed by atoms with E-state index in [9.17, 15) is 18.0 Å². The van der Waals surface area contributed by atoms with Gasteiger partial charge >= 0.3 is 0 Å². The number of aryl methyl sites for hydroxylation is 2. The summed E-state index contributed by atoms with van der Waals surface area (Å²) in [6.07, 6.45) is 3.18. The maximum Gasteiger partial charge on any atom is 0.291 e. The summed E-state index contributed by atoms with van der Waals surface area (Å²) in [6, 6.07) is 14.1. The quantitative estimate of drug-likeness (QED) is 0.407. The van der Waals surface area contributed by atoms with E-state index in [4.69, 9.17) is 5.14 Å². The number of hydrogen-bond donors (Lipinski definition) is 2. The van der Waals surface area contributed by atoms with E-state index in [0.717, 1.165) is 21.9 Å². The topological polar surface area (TPSA) is 129 Å². The van der Waals surface area contributed by atoms with Crippen molar-refractivity contribution in [2.75, 3.05) is 6.54 Å². The third-order valence-corrected chi connectivity index (χ3v) is 6.57. The summed E-state index contributed by atoms with van der Waals surface area (Å²) in [4.78, 5) is 25.1. The summed E-state index contributed by atoms with van der Waals surface area (Å²) in [5.41, 5.74) is 2.28. The minimum Gasteiger partial charge on any atom is -0.356 e. The second-order valence-electron chi connectivity index (χ2n) is 7.90. The van der Waals surface area contributed by atoms with Crippen molar-refractivity contribution >= 4 is 37.7 Å². The highest BCUT2D eigenvalue weighted by Crippen LogP contribution is 2.26. The Bertz CT molecular complexity index is 1490. The predicted octanol–water partition coefficient (Wildman–Crippen LogP) is 1.67. The van der Waals surface area contributed by atoms with Gasteiger partial charge in [0, 0.05) is 42.8 Å². The Labute approximate surface area is 190 Å². The van der Waals surface area contributed by atoms with Crippen molar-refractivity contribution in [2.45, 2.75) is 30.7 Å². The summed E-state index contributed by atoms with van der Waals surface area (Å²) in [5, 5.41) is 13.9. The minimum absolute atomic E-state index is 0.0611. The number of amides is 1. The number of rotatable bonds is 8. The van der Waals surface area contributed by atoms with Crippen molar-refractivity contribution in [1.82, 2.24) is 19.7 Å². The maximum absolute atomic E-state index is 12.7. The molecule has 2 heterocycles. The van der Waals surface area contributed by atoms with Crippen LogP contribution in [0.25, 0.3) is 21.8 Å². The SMILES string of the molecule is Cn1ncc2c3ccccc3n(CCCC(=O)NCCc3ccc(S(N)(=O)=O)cc3)c2c1=O. The van der Waals surface area contributed by atoms with Gasteiger partial charge in [0.25, 0.3) is 5.56 Å². The second kappa shape index (κ2) is 9.16. The molecule has 2 aromatic heterocycles. The molecule has 0 fully saturated rings. The molecule has 2 aromatic carbocycles. The molecule has 4 rings (SSSR count). The van der Waals surface area contributed by atoms with Crippen molar-refractivity contribution in [2.24, 2.45) is 12.2 Å². The Kier molecular flexibility index (Phi) is 6.30. The number of benzene rings is 2. The van der Waals surface area contributed by atoms with Crippen LogP contribution in [0.15, 0.2) is 64.4 Å². The van der Waals surface area contributed by atoms with E-state index in [1.165, 1.54) is 16.8 Å². The first-order chi connectivity index (χ1) is 15.8. The van der Waals surface area contributed by atoms with Gasteiger partial charge in [-0.3, -0.25) is 9.59 Å². The number of nitrogens with zero attached hydrogens (tertiary/aromatic N) is 3. The normalized spacial score (nSPS) is 11.8. The number of carbonyl (C=O) groups excluding carboxylic acids is 1. The zero-order chi connectivity index (χ0) is 23.6. The summed E-state index contributed by atoms with van der Waals surface area (Å²) in [7, 11) is -2.09. The highest BCUT2D eigenvalue weighted by molar-refractivity contribution is 7.89. The lowest BCUT2D eigenvalue weighted by molar-refractivity contribution is -0.121. The van der Waals surface area contributed by atoms with E-state index in [-0.39, 0.29) is 16.4 Å². The van der Waals surface area contributed by atoms with Crippen molar-refractivity contribution < 1.29 is 13.2 Å². The molecule has 0 aliphatic carbocycles. The molecule has 10 heteroatoms. The number of sulfonamides is 1. The Morgan fingerprint density at radius 1 is 1.09 bits per heavy atom. The van der Waals surface area contributed by atoms with Gasteiger partial charge in [0.2, 0.25) is 15.9 Å². The number of nitrogens with two attached hydrogens (primary N) is 1. The second-order valence-corrected chi connectivity index (χ2v) is 9.46. The zero-order valence-electron chi connectivity index (χ0n) is 18.2. The van der Waals surface area contributed by atoms with E-state index in [2.05, 4.69) is 10.4 Å². The third kappa shape index (κ3) is 4.81. The van der Waals surface area contributed by atoms with Gasteiger partial charge in [-0.1, -0.05) is 30.3 Å². The molecule has 9 nitrogen and oxygen atoms in total. The van der Waals surface area contributed by atoms with Crippen molar-refractivity contribution in [3.63, 3.8) is 0 Å². The van der Waals surface area contributed by atoms with Crippen LogP contribution in [0, 0.1) is 0 Å². The Balaban J connectivity index is 1.36. The van der Waals surface area contributed by atoms with Gasteiger partial charge in [0.15, 0.2) is 0 Å². The lowest BCUT2D eigenvalue weighted by Crippen LogP contribution is -2.26. The molecule has 0 spiro atoms. The van der Waals surface area contributed by atoms with Crippen LogP contribution in [0.2, 0.25) is 0 Å². The Morgan fingerprint density at radius 3 is 2.55 bits per heavy atom. The van der Waals surface area contributed by atoms with Crippen LogP contribution < -0.4 is 16.0 Å². The highest BCUT2D eigenvalue weighted by atomic mass is 32.2. The molecular weight excluding hydrogens is 442 g/mol. The fourth-order valence-electron chi connectivity index (χ4n) is 3.95. The molecule has 0 unspecified atom stereocenters. The van der Waals surface area contributed by atoms with Crippen LogP contribution in [0.5, 0.6) is 0 Å². The molecule has 172 valence electrons. The first-order valence-corrected chi connectivity index (χ1v) is 12.1. The number of para-hydroxylation sites is 1. The highest BCUT2D eigenvalue weighted by Gasteiger charge is 2.15. The average molecular weight is 468 g/mol. The van der Waals surface area contributed by atoms with Gasteiger partial charge in [-0.2, -0.15) is 5.10 Å². The number of carbonyl (C=O) groups is 1. The number of hydrogen-bond acceptors (Lipinski definition) is 5. The standard InChI is InChI=1S/C23H25N5O4S/c1-27-23(30)22-19(15-26-27)18-5-2-3-6-20(18)28(22)14-4-7-21(29)25-13-12-16-8-10-17(11-9-16)33(24,31)32/h2-3,5-6,8-11,15H,4,7,12-14H2,1H3,(H,25,29)(H2,24,31,32). The van der Waals surface area contributed by atoms with Gasteiger partial charge < -0.3 is 9.88 Å². The van der Waals surface area contributed by atoms with Crippen LogP contribution in [-0.2, 0) is 34.8 Å². The molecule has 0 atom stereocenters. The predicted molar refractivity (Wildman–Crippen MR) is 126 cm³/mol. The molecule has 4 aromatic rings. The van der Waals surface area contributed by atoms with Gasteiger partial charge in [-0.15, -0.1) is 0 Å². The van der Waals surface area contributed by atoms with Crippen molar-refractivity contribution in [3.05, 3.63) is 70.6 Å². The summed E-state index contributed by atoms with van der Waals surface area (Å²) < 4.78 is 25.9. The van der Waals surface area contributed by atoms with Gasteiger partial charge in [0.1, 0.15) is 5.52 Å². The molecule has 0 aliphatic heterocycles. The van der Waals surface area contributed by atoms with Crippen LogP contribution in [0.1, 0.15) is 18.4 Å². The molecule has 0 bridgehead atoms. The molecule has 0 aliphatic rings. The number of primary sulfonamides is 1. The number of nitrogens with one attached hydrogen (secondary N) is 1. The van der Waals surface area contributed by atoms with Gasteiger partial charge in [0.05, 0.1) is 11.1 Å². The van der Waals surface area contributed by atoms with Crippen LogP contribution in [0.4, 0.5) is 0 Å². The monoisotopic (exact) mass is 467 g/mol. The van der Waals surface area contributed by atoms with E-state index >= 15 is 0 Å². The van der Waals surface area contributed by atoms with Crippen LogP contribution in [-0.4, -0.2) is 35.2 Å². The van der Waals surface area contributed by atoms with E-state index in [1.54, 1.807) is 25.4 Å². The van der Waals surface area contributed by atoms with E-state index < -0.39 is 10.0 Å². The molecule has 0 saturated heterocycles. The zero-order valence-corrected chi connectivity index (χ0v) is 19.0. The third-order valence-electron chi connectivity index (χ3n) is 5.64. The molecule has 0 radical (unpaired) electrons. The molecule has 3 N–H and O–H groups in total. The largest absolute Gasteiger partial charge is 0.356 e. The van der Waals surface area contributed by atoms with E-state index in [0.29, 0.717) is 37.9 Å². The Morgan fingerprint density at radius 2 is 1.82 bits per heavy atom. The smallest absolute Gasteiger partial charge is 0.291 e. The molecular formula is C23H25N5O4S. The fourth-order valence-corrected chi connectivity index (χ4v) is 4.47. The lowest BCUT2D eigenvalue weighted by atomic mass is 10.1. The van der Waals surface area contributed by atoms with Crippen molar-refractivity contribution in [1.29, 1.82) is 0 Å². The fraction of sp³-hybridized carbons (Fsp3) is 0.261. The summed E-state index contributed by atoms with van der Waals surface area (Å²) >= 11 is 0. The average Bonchev–Trinajstić information content (AvgIpc) is 3.10. The van der Waals surface area contributed by atoms with Gasteiger partial charge in [-0.25, -0.2) is 18.2 Å². The van der Waals surface area contributed by atoms with Crippen LogP contribution >= 0.6 is 0 Å². The first kappa shape index (κ1) is 22.7. The molecule has 1 amide bonds. The van der Waals surface area contributed by atoms with Crippen LogP contribution in [0.3, 0.4) is 0 Å². The summed E-state index contributed by atoms with van der Waals surface area (Å²) in [6.45, 7) is 0.973. The van der Waals surface area contributed by atoms with Crippen molar-refractivity contribution in [3.8, 4) is 0 Å².